The zero-order valence-electron chi connectivity index (χ0n) is 15.8. The number of hydrogen-bond donors (Lipinski definition) is 0. The van der Waals surface area contributed by atoms with Gasteiger partial charge in [-0.1, -0.05) is 119 Å². The van der Waals surface area contributed by atoms with Gasteiger partial charge in [-0.05, 0) is 12.8 Å². The summed E-state index contributed by atoms with van der Waals surface area (Å²) < 4.78 is 0. The van der Waals surface area contributed by atoms with E-state index in [-0.39, 0.29) is 15.1 Å². The van der Waals surface area contributed by atoms with E-state index < -0.39 is 11.6 Å². The Balaban J connectivity index is 2.06. The average molecular weight is 422 g/mol. The molecule has 0 saturated heterocycles. The molecule has 5 heteroatoms. The van der Waals surface area contributed by atoms with Crippen LogP contribution in [0.3, 0.4) is 0 Å². The first kappa shape index (κ1) is 23.7. The number of allylic oxidation sites excluding steroid dienone is 4. The van der Waals surface area contributed by atoms with E-state index in [0.717, 1.165) is 19.3 Å². The SMILES string of the molecule is CCCCCCCCCCCCCCCC1=C(Cl)C(=O)C(Cl)=C(Cl)C1=O. The summed E-state index contributed by atoms with van der Waals surface area (Å²) >= 11 is 17.5. The Bertz CT molecular complexity index is 535. The fraction of sp³-hybridized carbons (Fsp3) is 0.714. The Morgan fingerprint density at radius 2 is 0.923 bits per heavy atom. The van der Waals surface area contributed by atoms with Gasteiger partial charge in [0.25, 0.3) is 0 Å². The molecule has 1 aliphatic carbocycles. The summed E-state index contributed by atoms with van der Waals surface area (Å²) in [6.07, 6.45) is 16.9. The van der Waals surface area contributed by atoms with Crippen LogP contribution in [-0.2, 0) is 9.59 Å². The fourth-order valence-electron chi connectivity index (χ4n) is 3.21. The molecule has 0 N–H and O–H groups in total. The topological polar surface area (TPSA) is 34.1 Å². The number of rotatable bonds is 14. The molecule has 0 aliphatic heterocycles. The van der Waals surface area contributed by atoms with Crippen LogP contribution in [0.1, 0.15) is 96.8 Å². The summed E-state index contributed by atoms with van der Waals surface area (Å²) in [5.41, 5.74) is 0.314. The normalized spacial score (nSPS) is 15.4. The molecular weight excluding hydrogens is 391 g/mol. The van der Waals surface area contributed by atoms with Crippen molar-refractivity contribution in [1.29, 1.82) is 0 Å². The largest absolute Gasteiger partial charge is 0.288 e. The monoisotopic (exact) mass is 420 g/mol. The second kappa shape index (κ2) is 13.8. The van der Waals surface area contributed by atoms with Gasteiger partial charge in [0.05, 0.1) is 5.03 Å². The van der Waals surface area contributed by atoms with Crippen molar-refractivity contribution >= 4 is 46.4 Å². The van der Waals surface area contributed by atoms with Crippen LogP contribution in [0, 0.1) is 0 Å². The Kier molecular flexibility index (Phi) is 12.6. The maximum atomic E-state index is 12.1. The van der Waals surface area contributed by atoms with Crippen molar-refractivity contribution in [2.75, 3.05) is 0 Å². The third-order valence-corrected chi connectivity index (χ3v) is 6.08. The van der Waals surface area contributed by atoms with E-state index in [1.807, 2.05) is 0 Å². The third-order valence-electron chi connectivity index (χ3n) is 4.86. The number of halogens is 3. The summed E-state index contributed by atoms with van der Waals surface area (Å²) in [6.45, 7) is 2.25. The highest BCUT2D eigenvalue weighted by molar-refractivity contribution is 6.64. The van der Waals surface area contributed by atoms with Gasteiger partial charge >= 0.3 is 0 Å². The standard InChI is InChI=1S/C21H31Cl3O2/c1-2-3-4-5-6-7-8-9-10-11-12-13-14-15-16-17(22)21(26)19(24)18(23)20(16)25/h2-15H2,1H3. The highest BCUT2D eigenvalue weighted by atomic mass is 35.5. The van der Waals surface area contributed by atoms with E-state index in [0.29, 0.717) is 12.0 Å². The molecule has 0 heterocycles. The first-order chi connectivity index (χ1) is 12.5. The van der Waals surface area contributed by atoms with Crippen molar-refractivity contribution in [3.05, 3.63) is 20.7 Å². The van der Waals surface area contributed by atoms with Gasteiger partial charge in [-0.15, -0.1) is 0 Å². The van der Waals surface area contributed by atoms with Crippen molar-refractivity contribution in [3.8, 4) is 0 Å². The smallest absolute Gasteiger partial charge is 0.217 e. The molecular formula is C21H31Cl3O2. The molecule has 26 heavy (non-hydrogen) atoms. The lowest BCUT2D eigenvalue weighted by molar-refractivity contribution is -0.115. The molecule has 0 atom stereocenters. The summed E-state index contributed by atoms with van der Waals surface area (Å²) in [7, 11) is 0. The summed E-state index contributed by atoms with van der Waals surface area (Å²) in [5.74, 6) is -0.942. The Morgan fingerprint density at radius 3 is 1.38 bits per heavy atom. The predicted molar refractivity (Wildman–Crippen MR) is 112 cm³/mol. The fourth-order valence-corrected chi connectivity index (χ4v) is 3.91. The van der Waals surface area contributed by atoms with Crippen molar-refractivity contribution in [2.45, 2.75) is 96.8 Å². The van der Waals surface area contributed by atoms with E-state index in [1.165, 1.54) is 64.2 Å². The van der Waals surface area contributed by atoms with Gasteiger partial charge in [-0.25, -0.2) is 0 Å². The zero-order valence-corrected chi connectivity index (χ0v) is 18.1. The van der Waals surface area contributed by atoms with Crippen molar-refractivity contribution in [3.63, 3.8) is 0 Å². The molecule has 0 fully saturated rings. The first-order valence-electron chi connectivity index (χ1n) is 10.0. The van der Waals surface area contributed by atoms with Crippen LogP contribution < -0.4 is 0 Å². The Morgan fingerprint density at radius 1 is 0.538 bits per heavy atom. The lowest BCUT2D eigenvalue weighted by atomic mass is 9.96. The number of Topliss-reactive ketones (excluding diaryl/α,β-unsaturated/α-hetero) is 2. The lowest BCUT2D eigenvalue weighted by Crippen LogP contribution is -2.17. The van der Waals surface area contributed by atoms with Gasteiger partial charge in [0.15, 0.2) is 0 Å². The molecule has 0 bridgehead atoms. The average Bonchev–Trinajstić information content (AvgIpc) is 2.64. The van der Waals surface area contributed by atoms with Crippen LogP contribution in [-0.4, -0.2) is 11.6 Å². The maximum Gasteiger partial charge on any atom is 0.217 e. The number of ketones is 2. The molecule has 0 aromatic carbocycles. The molecule has 1 rings (SSSR count). The van der Waals surface area contributed by atoms with Crippen molar-refractivity contribution in [2.24, 2.45) is 0 Å². The molecule has 0 amide bonds. The van der Waals surface area contributed by atoms with E-state index in [2.05, 4.69) is 6.92 Å². The number of carbonyl (C=O) groups excluding carboxylic acids is 2. The summed E-state index contributed by atoms with van der Waals surface area (Å²) in [5, 5.41) is -0.537. The van der Waals surface area contributed by atoms with Crippen molar-refractivity contribution < 1.29 is 9.59 Å². The highest BCUT2D eigenvalue weighted by Gasteiger charge is 2.31. The Hall–Kier alpha value is -0.310. The van der Waals surface area contributed by atoms with E-state index in [1.54, 1.807) is 0 Å². The number of carbonyl (C=O) groups is 2. The van der Waals surface area contributed by atoms with E-state index in [4.69, 9.17) is 34.8 Å². The second-order valence-corrected chi connectivity index (χ2v) is 8.21. The van der Waals surface area contributed by atoms with Crippen LogP contribution in [0.5, 0.6) is 0 Å². The minimum atomic E-state index is -0.539. The third kappa shape index (κ3) is 8.15. The second-order valence-electron chi connectivity index (χ2n) is 7.07. The molecule has 0 radical (unpaired) electrons. The van der Waals surface area contributed by atoms with Crippen LogP contribution in [0.2, 0.25) is 0 Å². The van der Waals surface area contributed by atoms with Gasteiger partial charge in [-0.2, -0.15) is 0 Å². The molecule has 0 unspecified atom stereocenters. The molecule has 0 spiro atoms. The molecule has 148 valence electrons. The lowest BCUT2D eigenvalue weighted by Gasteiger charge is -2.14. The van der Waals surface area contributed by atoms with E-state index in [9.17, 15) is 9.59 Å². The van der Waals surface area contributed by atoms with Crippen LogP contribution in [0.4, 0.5) is 0 Å². The van der Waals surface area contributed by atoms with Gasteiger partial charge in [0, 0.05) is 5.57 Å². The molecule has 0 saturated carbocycles. The van der Waals surface area contributed by atoms with Gasteiger partial charge in [0.2, 0.25) is 11.6 Å². The molecule has 2 nitrogen and oxygen atoms in total. The van der Waals surface area contributed by atoms with Crippen molar-refractivity contribution in [1.82, 2.24) is 0 Å². The van der Waals surface area contributed by atoms with Crippen LogP contribution in [0.25, 0.3) is 0 Å². The quantitative estimate of drug-likeness (QED) is 0.212. The van der Waals surface area contributed by atoms with Gasteiger partial charge < -0.3 is 0 Å². The zero-order chi connectivity index (χ0) is 19.4. The van der Waals surface area contributed by atoms with Gasteiger partial charge in [-0.3, -0.25) is 9.59 Å². The van der Waals surface area contributed by atoms with E-state index >= 15 is 0 Å². The summed E-state index contributed by atoms with van der Waals surface area (Å²) in [4.78, 5) is 23.9. The number of unbranched alkanes of at least 4 members (excludes halogenated alkanes) is 12. The minimum Gasteiger partial charge on any atom is -0.288 e. The molecule has 1 aliphatic rings. The Labute approximate surface area is 173 Å². The number of hydrogen-bond acceptors (Lipinski definition) is 2. The van der Waals surface area contributed by atoms with Gasteiger partial charge in [0.1, 0.15) is 10.1 Å². The first-order valence-corrected chi connectivity index (χ1v) is 11.2. The predicted octanol–water partition coefficient (Wildman–Crippen LogP) is 7.80. The van der Waals surface area contributed by atoms with Crippen LogP contribution >= 0.6 is 34.8 Å². The molecule has 0 aromatic heterocycles. The highest BCUT2D eigenvalue weighted by Crippen LogP contribution is 2.33. The summed E-state index contributed by atoms with van der Waals surface area (Å²) in [6, 6.07) is 0. The van der Waals surface area contributed by atoms with Crippen LogP contribution in [0.15, 0.2) is 20.7 Å². The molecule has 0 aromatic rings. The minimum absolute atomic E-state index is 0.0664. The maximum absolute atomic E-state index is 12.1.